The van der Waals surface area contributed by atoms with Gasteiger partial charge in [-0.25, -0.2) is 0 Å². The second kappa shape index (κ2) is 17.7. The van der Waals surface area contributed by atoms with Crippen LogP contribution in [0.25, 0.3) is 0 Å². The number of alkyl halides is 3. The summed E-state index contributed by atoms with van der Waals surface area (Å²) in [4.78, 5) is 40.2. The van der Waals surface area contributed by atoms with Gasteiger partial charge in [0.15, 0.2) is 0 Å². The van der Waals surface area contributed by atoms with Crippen molar-refractivity contribution in [2.24, 2.45) is 17.2 Å². The fourth-order valence-corrected chi connectivity index (χ4v) is 4.53. The molecule has 242 valence electrons. The van der Waals surface area contributed by atoms with Crippen molar-refractivity contribution in [3.63, 3.8) is 0 Å². The lowest BCUT2D eigenvalue weighted by Gasteiger charge is -2.29. The third-order valence-electron chi connectivity index (χ3n) is 7.15. The number of carbonyl (C=O) groups is 3. The number of amides is 3. The monoisotopic (exact) mass is 622 g/mol. The summed E-state index contributed by atoms with van der Waals surface area (Å²) in [6.45, 7) is 3.96. The maximum Gasteiger partial charge on any atom is 0.488 e. The molecule has 1 heterocycles. The van der Waals surface area contributed by atoms with E-state index in [2.05, 4.69) is 5.32 Å². The van der Waals surface area contributed by atoms with Gasteiger partial charge in [0.25, 0.3) is 0 Å². The summed E-state index contributed by atoms with van der Waals surface area (Å²) in [6.07, 6.45) is -2.58. The number of nitrogens with zero attached hydrogens (tertiary/aromatic N) is 2. The van der Waals surface area contributed by atoms with E-state index in [1.807, 2.05) is 13.0 Å². The van der Waals surface area contributed by atoms with Crippen molar-refractivity contribution < 1.29 is 37.6 Å². The number of fused-ring (bicyclic) bond motifs is 1. The number of hydrogen-bond acceptors (Lipinski definition) is 8. The highest BCUT2D eigenvalue weighted by Crippen LogP contribution is 2.29. The molecule has 0 radical (unpaired) electrons. The molecule has 3 rings (SSSR count). The standard InChI is InChI=1S/C20H33BN6O5.C9H9F3/c22-6-9-26(10-7-23)18(28)4-3-17(24)20(30)25-12-19(29)27-8-5-14-1-2-16(21(31)32)11-15(14)13-27;1-2-7-3-5-8(6-4-7)9(10,11)12/h1-2,11,17,31-32H,3-10,12-13,22-24H2,(H,25,30);3-6H,2H2,1H3. The maximum absolute atomic E-state index is 12.5. The molecule has 0 fully saturated rings. The Bertz CT molecular complexity index is 1230. The van der Waals surface area contributed by atoms with E-state index in [9.17, 15) is 37.6 Å². The molecule has 0 aromatic heterocycles. The molecular formula is C29H42BF3N6O5. The molecule has 15 heteroatoms. The molecule has 0 spiro atoms. The highest BCUT2D eigenvalue weighted by Gasteiger charge is 2.30. The van der Waals surface area contributed by atoms with Crippen LogP contribution in [0.5, 0.6) is 0 Å². The molecule has 1 aliphatic rings. The van der Waals surface area contributed by atoms with Crippen LogP contribution in [-0.2, 0) is 39.9 Å². The van der Waals surface area contributed by atoms with Crippen LogP contribution in [0.2, 0.25) is 0 Å². The third kappa shape index (κ3) is 11.5. The van der Waals surface area contributed by atoms with Gasteiger partial charge in [-0.1, -0.05) is 37.3 Å². The number of carbonyl (C=O) groups excluding carboxylic acids is 3. The van der Waals surface area contributed by atoms with Gasteiger partial charge in [-0.2, -0.15) is 13.2 Å². The Morgan fingerprint density at radius 1 is 1.05 bits per heavy atom. The molecule has 2 aromatic rings. The van der Waals surface area contributed by atoms with E-state index in [0.717, 1.165) is 35.2 Å². The zero-order valence-corrected chi connectivity index (χ0v) is 24.9. The number of benzene rings is 2. The zero-order valence-electron chi connectivity index (χ0n) is 24.9. The first-order valence-electron chi connectivity index (χ1n) is 14.4. The maximum atomic E-state index is 12.5. The summed E-state index contributed by atoms with van der Waals surface area (Å²) in [5.74, 6) is -0.933. The summed E-state index contributed by atoms with van der Waals surface area (Å²) in [7, 11) is -1.57. The van der Waals surface area contributed by atoms with E-state index < -0.39 is 30.8 Å². The zero-order chi connectivity index (χ0) is 32.9. The van der Waals surface area contributed by atoms with Crippen LogP contribution in [-0.4, -0.2) is 90.0 Å². The Kier molecular flexibility index (Phi) is 14.8. The van der Waals surface area contributed by atoms with E-state index in [4.69, 9.17) is 17.2 Å². The second-order valence-corrected chi connectivity index (χ2v) is 10.3. The molecule has 1 unspecified atom stereocenters. The van der Waals surface area contributed by atoms with Gasteiger partial charge in [0.2, 0.25) is 17.7 Å². The van der Waals surface area contributed by atoms with Crippen LogP contribution >= 0.6 is 0 Å². The first kappa shape index (κ1) is 36.7. The van der Waals surface area contributed by atoms with Gasteiger partial charge in [-0.05, 0) is 53.5 Å². The van der Waals surface area contributed by atoms with Crippen molar-refractivity contribution in [3.8, 4) is 0 Å². The molecule has 0 aliphatic carbocycles. The second-order valence-electron chi connectivity index (χ2n) is 10.3. The lowest BCUT2D eigenvalue weighted by molar-refractivity contribution is -0.137. The molecule has 44 heavy (non-hydrogen) atoms. The molecule has 0 bridgehead atoms. The van der Waals surface area contributed by atoms with Gasteiger partial charge in [-0.3, -0.25) is 14.4 Å². The van der Waals surface area contributed by atoms with Gasteiger partial charge in [0.05, 0.1) is 18.2 Å². The lowest BCUT2D eigenvalue weighted by atomic mass is 9.78. The Morgan fingerprint density at radius 3 is 2.23 bits per heavy atom. The molecule has 3 amide bonds. The molecule has 0 saturated heterocycles. The van der Waals surface area contributed by atoms with Crippen molar-refractivity contribution in [1.29, 1.82) is 0 Å². The topological polar surface area (TPSA) is 188 Å². The minimum atomic E-state index is -4.22. The lowest BCUT2D eigenvalue weighted by Crippen LogP contribution is -2.47. The average molecular weight is 622 g/mol. The predicted octanol–water partition coefficient (Wildman–Crippen LogP) is -0.511. The number of halogens is 3. The first-order valence-corrected chi connectivity index (χ1v) is 14.4. The molecule has 9 N–H and O–H groups in total. The minimum absolute atomic E-state index is 0.0878. The summed E-state index contributed by atoms with van der Waals surface area (Å²) in [6, 6.07) is 9.46. The van der Waals surface area contributed by atoms with Crippen molar-refractivity contribution in [2.45, 2.75) is 51.4 Å². The van der Waals surface area contributed by atoms with Crippen molar-refractivity contribution in [2.75, 3.05) is 39.3 Å². The van der Waals surface area contributed by atoms with Crippen LogP contribution in [0.3, 0.4) is 0 Å². The van der Waals surface area contributed by atoms with E-state index in [1.54, 1.807) is 21.9 Å². The fraction of sp³-hybridized carbons (Fsp3) is 0.483. The Hall–Kier alpha value is -3.50. The summed E-state index contributed by atoms with van der Waals surface area (Å²) >= 11 is 0. The summed E-state index contributed by atoms with van der Waals surface area (Å²) in [5, 5.41) is 21.2. The highest BCUT2D eigenvalue weighted by molar-refractivity contribution is 6.58. The van der Waals surface area contributed by atoms with Crippen LogP contribution in [0.4, 0.5) is 13.2 Å². The van der Waals surface area contributed by atoms with Crippen LogP contribution in [0.15, 0.2) is 42.5 Å². The highest BCUT2D eigenvalue weighted by atomic mass is 19.4. The first-order chi connectivity index (χ1) is 20.8. The Balaban J connectivity index is 0.000000469. The average Bonchev–Trinajstić information content (AvgIpc) is 3.01. The van der Waals surface area contributed by atoms with Gasteiger partial charge in [0.1, 0.15) is 0 Å². The molecule has 1 atom stereocenters. The van der Waals surface area contributed by atoms with Gasteiger partial charge in [-0.15, -0.1) is 0 Å². The largest absolute Gasteiger partial charge is 0.488 e. The number of rotatable bonds is 12. The van der Waals surface area contributed by atoms with E-state index >= 15 is 0 Å². The Morgan fingerprint density at radius 2 is 1.68 bits per heavy atom. The van der Waals surface area contributed by atoms with Crippen LogP contribution < -0.4 is 28.0 Å². The minimum Gasteiger partial charge on any atom is -0.423 e. The molecule has 0 saturated carbocycles. The summed E-state index contributed by atoms with van der Waals surface area (Å²) < 4.78 is 36.1. The number of aryl methyl sites for hydroxylation is 1. The molecule has 11 nitrogen and oxygen atoms in total. The van der Waals surface area contributed by atoms with Crippen molar-refractivity contribution >= 4 is 30.3 Å². The summed E-state index contributed by atoms with van der Waals surface area (Å²) in [5.41, 5.74) is 19.5. The fourth-order valence-electron chi connectivity index (χ4n) is 4.53. The number of nitrogens with one attached hydrogen (secondary N) is 1. The molecular weight excluding hydrogens is 580 g/mol. The van der Waals surface area contributed by atoms with E-state index in [1.165, 1.54) is 12.1 Å². The predicted molar refractivity (Wildman–Crippen MR) is 161 cm³/mol. The quantitative estimate of drug-likeness (QED) is 0.171. The third-order valence-corrected chi connectivity index (χ3v) is 7.15. The van der Waals surface area contributed by atoms with Crippen LogP contribution in [0, 0.1) is 0 Å². The Labute approximate surface area is 255 Å². The SMILES string of the molecule is CCc1ccc(C(F)(F)F)cc1.NCCN(CCN)C(=O)CCC(N)C(=O)NCC(=O)N1CCc2ccc(B(O)O)cc2C1. The number of nitrogens with two attached hydrogens (primary N) is 3. The molecule has 1 aliphatic heterocycles. The number of hydrogen-bond donors (Lipinski definition) is 6. The van der Waals surface area contributed by atoms with Gasteiger partial charge in [0, 0.05) is 45.7 Å². The van der Waals surface area contributed by atoms with Crippen LogP contribution in [0.1, 0.15) is 42.0 Å². The smallest absolute Gasteiger partial charge is 0.423 e. The van der Waals surface area contributed by atoms with Gasteiger partial charge < -0.3 is 42.4 Å². The van der Waals surface area contributed by atoms with E-state index in [0.29, 0.717) is 51.2 Å². The van der Waals surface area contributed by atoms with Gasteiger partial charge >= 0.3 is 13.3 Å². The van der Waals surface area contributed by atoms with E-state index in [-0.39, 0.29) is 31.2 Å². The molecule has 2 aromatic carbocycles. The normalized spacial score (nSPS) is 13.2. The van der Waals surface area contributed by atoms with Crippen molar-refractivity contribution in [1.82, 2.24) is 15.1 Å². The van der Waals surface area contributed by atoms with Crippen molar-refractivity contribution in [3.05, 3.63) is 64.7 Å².